The van der Waals surface area contributed by atoms with Crippen LogP contribution in [0.4, 0.5) is 5.69 Å². The molecule has 6 nitrogen and oxygen atoms in total. The number of nitrogens with two attached hydrogens (primary N) is 1. The lowest BCUT2D eigenvalue weighted by Gasteiger charge is -2.09. The van der Waals surface area contributed by atoms with E-state index in [4.69, 9.17) is 10.9 Å². The smallest absolute Gasteiger partial charge is 0.255 e. The number of oxime groups is 1. The van der Waals surface area contributed by atoms with Gasteiger partial charge in [0.1, 0.15) is 5.75 Å². The van der Waals surface area contributed by atoms with Crippen molar-refractivity contribution in [3.8, 4) is 5.75 Å². The number of amides is 1. The minimum atomic E-state index is -0.358. The van der Waals surface area contributed by atoms with E-state index in [9.17, 15) is 9.90 Å². The van der Waals surface area contributed by atoms with Crippen molar-refractivity contribution < 1.29 is 15.1 Å². The number of anilines is 1. The summed E-state index contributed by atoms with van der Waals surface area (Å²) in [5.41, 5.74) is 6.86. The number of phenolic OH excluding ortho intramolecular Hbond substituents is 1. The van der Waals surface area contributed by atoms with Crippen LogP contribution in [0.2, 0.25) is 0 Å². The monoisotopic (exact) mass is 349 g/mol. The fourth-order valence-electron chi connectivity index (χ4n) is 1.68. The highest BCUT2D eigenvalue weighted by Crippen LogP contribution is 2.24. The SMILES string of the molecule is N/C(=N/O)c1ccc(NC(=O)c2cccc(O)c2)c(Br)c1. The van der Waals surface area contributed by atoms with Gasteiger partial charge < -0.3 is 21.4 Å². The summed E-state index contributed by atoms with van der Waals surface area (Å²) in [5.74, 6) is -0.367. The Balaban J connectivity index is 2.22. The molecule has 0 aliphatic heterocycles. The molecule has 2 aromatic rings. The van der Waals surface area contributed by atoms with E-state index < -0.39 is 0 Å². The number of rotatable bonds is 3. The molecular weight excluding hydrogens is 338 g/mol. The second-order valence-corrected chi connectivity index (χ2v) is 5.04. The Morgan fingerprint density at radius 2 is 1.95 bits per heavy atom. The van der Waals surface area contributed by atoms with Gasteiger partial charge >= 0.3 is 0 Å². The molecule has 0 bridgehead atoms. The van der Waals surface area contributed by atoms with Crippen LogP contribution in [0.25, 0.3) is 0 Å². The molecule has 0 saturated carbocycles. The van der Waals surface area contributed by atoms with E-state index in [0.29, 0.717) is 21.3 Å². The second kappa shape index (κ2) is 6.27. The predicted molar refractivity (Wildman–Crippen MR) is 82.7 cm³/mol. The zero-order chi connectivity index (χ0) is 15.4. The van der Waals surface area contributed by atoms with Crippen LogP contribution in [0.15, 0.2) is 52.1 Å². The molecule has 1 amide bonds. The summed E-state index contributed by atoms with van der Waals surface area (Å²) in [6.07, 6.45) is 0. The van der Waals surface area contributed by atoms with Gasteiger partial charge in [-0.1, -0.05) is 11.2 Å². The van der Waals surface area contributed by atoms with Crippen LogP contribution >= 0.6 is 15.9 Å². The first-order valence-electron chi connectivity index (χ1n) is 5.89. The molecule has 7 heteroatoms. The summed E-state index contributed by atoms with van der Waals surface area (Å²) < 4.78 is 0.583. The molecule has 108 valence electrons. The van der Waals surface area contributed by atoms with Gasteiger partial charge in [-0.05, 0) is 52.3 Å². The highest BCUT2D eigenvalue weighted by Gasteiger charge is 2.10. The number of nitrogens with one attached hydrogen (secondary N) is 1. The maximum atomic E-state index is 12.1. The first-order valence-corrected chi connectivity index (χ1v) is 6.68. The fraction of sp³-hybridized carbons (Fsp3) is 0. The summed E-state index contributed by atoms with van der Waals surface area (Å²) in [6.45, 7) is 0. The molecule has 0 aliphatic rings. The van der Waals surface area contributed by atoms with Crippen molar-refractivity contribution in [2.45, 2.75) is 0 Å². The predicted octanol–water partition coefficient (Wildman–Crippen LogP) is 2.50. The molecule has 0 atom stereocenters. The van der Waals surface area contributed by atoms with Gasteiger partial charge in [0, 0.05) is 15.6 Å². The summed E-state index contributed by atoms with van der Waals surface area (Å²) in [6, 6.07) is 10.9. The van der Waals surface area contributed by atoms with Crippen LogP contribution in [-0.2, 0) is 0 Å². The molecular formula is C14H12BrN3O3. The van der Waals surface area contributed by atoms with Crippen LogP contribution < -0.4 is 11.1 Å². The average Bonchev–Trinajstić information content (AvgIpc) is 2.48. The molecule has 2 rings (SSSR count). The van der Waals surface area contributed by atoms with E-state index in [-0.39, 0.29) is 17.5 Å². The van der Waals surface area contributed by atoms with Gasteiger partial charge in [-0.25, -0.2) is 0 Å². The van der Waals surface area contributed by atoms with Gasteiger partial charge in [0.15, 0.2) is 5.84 Å². The third kappa shape index (κ3) is 3.51. The van der Waals surface area contributed by atoms with Crippen molar-refractivity contribution in [2.24, 2.45) is 10.9 Å². The lowest BCUT2D eigenvalue weighted by atomic mass is 10.1. The van der Waals surface area contributed by atoms with Gasteiger partial charge in [0.25, 0.3) is 5.91 Å². The summed E-state index contributed by atoms with van der Waals surface area (Å²) in [7, 11) is 0. The maximum Gasteiger partial charge on any atom is 0.255 e. The highest BCUT2D eigenvalue weighted by molar-refractivity contribution is 9.10. The standard InChI is InChI=1S/C14H12BrN3O3/c15-11-7-8(13(16)18-21)4-5-12(11)17-14(20)9-2-1-3-10(19)6-9/h1-7,19,21H,(H2,16,18)(H,17,20). The van der Waals surface area contributed by atoms with E-state index in [1.165, 1.54) is 12.1 Å². The quantitative estimate of drug-likeness (QED) is 0.295. The minimum Gasteiger partial charge on any atom is -0.508 e. The molecule has 0 spiro atoms. The van der Waals surface area contributed by atoms with Crippen LogP contribution in [-0.4, -0.2) is 22.1 Å². The molecule has 0 aliphatic carbocycles. The fourth-order valence-corrected chi connectivity index (χ4v) is 2.15. The number of carbonyl (C=O) groups is 1. The third-order valence-electron chi connectivity index (χ3n) is 2.73. The van der Waals surface area contributed by atoms with Crippen molar-refractivity contribution in [1.82, 2.24) is 0 Å². The molecule has 5 N–H and O–H groups in total. The number of amidine groups is 1. The van der Waals surface area contributed by atoms with E-state index in [1.54, 1.807) is 30.3 Å². The van der Waals surface area contributed by atoms with Gasteiger partial charge in [0.05, 0.1) is 5.69 Å². The lowest BCUT2D eigenvalue weighted by Crippen LogP contribution is -2.15. The van der Waals surface area contributed by atoms with E-state index in [0.717, 1.165) is 0 Å². The Labute approximate surface area is 129 Å². The Morgan fingerprint density at radius 1 is 1.19 bits per heavy atom. The maximum absolute atomic E-state index is 12.1. The molecule has 0 saturated heterocycles. The number of nitrogens with zero attached hydrogens (tertiary/aromatic N) is 1. The number of carbonyl (C=O) groups excluding carboxylic acids is 1. The first-order chi connectivity index (χ1) is 10.0. The normalized spacial score (nSPS) is 11.2. The molecule has 0 radical (unpaired) electrons. The van der Waals surface area contributed by atoms with Crippen molar-refractivity contribution in [1.29, 1.82) is 0 Å². The Hall–Kier alpha value is -2.54. The zero-order valence-electron chi connectivity index (χ0n) is 10.7. The van der Waals surface area contributed by atoms with E-state index in [2.05, 4.69) is 26.4 Å². The third-order valence-corrected chi connectivity index (χ3v) is 3.39. The van der Waals surface area contributed by atoms with Gasteiger partial charge in [-0.3, -0.25) is 4.79 Å². The molecule has 2 aromatic carbocycles. The summed E-state index contributed by atoms with van der Waals surface area (Å²) in [4.78, 5) is 12.1. The van der Waals surface area contributed by atoms with E-state index >= 15 is 0 Å². The van der Waals surface area contributed by atoms with Crippen molar-refractivity contribution in [2.75, 3.05) is 5.32 Å². The number of hydrogen-bond acceptors (Lipinski definition) is 4. The highest BCUT2D eigenvalue weighted by atomic mass is 79.9. The Morgan fingerprint density at radius 3 is 2.57 bits per heavy atom. The number of halogens is 1. The summed E-state index contributed by atoms with van der Waals surface area (Å²) >= 11 is 3.30. The largest absolute Gasteiger partial charge is 0.508 e. The van der Waals surface area contributed by atoms with Gasteiger partial charge in [-0.2, -0.15) is 0 Å². The minimum absolute atomic E-state index is 0.0176. The number of benzene rings is 2. The van der Waals surface area contributed by atoms with Crippen LogP contribution in [0.1, 0.15) is 15.9 Å². The van der Waals surface area contributed by atoms with Crippen molar-refractivity contribution >= 4 is 33.4 Å². The zero-order valence-corrected chi connectivity index (χ0v) is 12.3. The van der Waals surface area contributed by atoms with Gasteiger partial charge in [-0.15, -0.1) is 0 Å². The van der Waals surface area contributed by atoms with E-state index in [1.807, 2.05) is 0 Å². The molecule has 0 heterocycles. The Bertz CT molecular complexity index is 716. The molecule has 0 aromatic heterocycles. The molecule has 0 fully saturated rings. The lowest BCUT2D eigenvalue weighted by molar-refractivity contribution is 0.102. The van der Waals surface area contributed by atoms with Crippen LogP contribution in [0, 0.1) is 0 Å². The molecule has 21 heavy (non-hydrogen) atoms. The molecule has 0 unspecified atom stereocenters. The Kier molecular flexibility index (Phi) is 4.44. The van der Waals surface area contributed by atoms with Crippen molar-refractivity contribution in [3.63, 3.8) is 0 Å². The number of phenols is 1. The number of aromatic hydroxyl groups is 1. The van der Waals surface area contributed by atoms with Crippen molar-refractivity contribution in [3.05, 3.63) is 58.1 Å². The summed E-state index contributed by atoms with van der Waals surface area (Å²) in [5, 5.41) is 23.6. The number of hydrogen-bond donors (Lipinski definition) is 4. The average molecular weight is 350 g/mol. The van der Waals surface area contributed by atoms with Crippen LogP contribution in [0.5, 0.6) is 5.75 Å². The van der Waals surface area contributed by atoms with Gasteiger partial charge in [0.2, 0.25) is 0 Å². The first kappa shape index (κ1) is 14.9. The van der Waals surface area contributed by atoms with Crippen LogP contribution in [0.3, 0.4) is 0 Å². The second-order valence-electron chi connectivity index (χ2n) is 4.18. The topological polar surface area (TPSA) is 108 Å².